The summed E-state index contributed by atoms with van der Waals surface area (Å²) in [5, 5.41) is 6.15. The second-order valence-corrected chi connectivity index (χ2v) is 4.58. The lowest BCUT2D eigenvalue weighted by Gasteiger charge is -2.11. The molecule has 21 heavy (non-hydrogen) atoms. The van der Waals surface area contributed by atoms with E-state index in [1.165, 1.54) is 6.07 Å². The quantitative estimate of drug-likeness (QED) is 0.852. The average Bonchev–Trinajstić information content (AvgIpc) is 2.47. The molecule has 0 radical (unpaired) electrons. The van der Waals surface area contributed by atoms with Crippen LogP contribution in [0, 0.1) is 12.7 Å². The molecule has 112 valence electrons. The van der Waals surface area contributed by atoms with Gasteiger partial charge >= 0.3 is 0 Å². The van der Waals surface area contributed by atoms with Crippen molar-refractivity contribution < 1.29 is 9.13 Å². The van der Waals surface area contributed by atoms with Crippen molar-refractivity contribution in [3.63, 3.8) is 0 Å². The summed E-state index contributed by atoms with van der Waals surface area (Å²) in [6, 6.07) is 6.26. The largest absolute Gasteiger partial charge is 0.497 e. The second kappa shape index (κ2) is 6.88. The summed E-state index contributed by atoms with van der Waals surface area (Å²) in [4.78, 5) is 8.55. The van der Waals surface area contributed by atoms with E-state index in [-0.39, 0.29) is 5.82 Å². The van der Waals surface area contributed by atoms with Gasteiger partial charge in [-0.1, -0.05) is 6.92 Å². The molecule has 0 aliphatic heterocycles. The van der Waals surface area contributed by atoms with Gasteiger partial charge in [0, 0.05) is 18.7 Å². The molecule has 2 rings (SSSR count). The van der Waals surface area contributed by atoms with Crippen LogP contribution in [0.5, 0.6) is 5.75 Å². The molecule has 2 N–H and O–H groups in total. The van der Waals surface area contributed by atoms with E-state index in [1.54, 1.807) is 32.2 Å². The lowest BCUT2D eigenvalue weighted by Crippen LogP contribution is -2.06. The smallest absolute Gasteiger partial charge is 0.146 e. The molecule has 2 aromatic rings. The molecule has 5 nitrogen and oxygen atoms in total. The molecule has 0 unspecified atom stereocenters. The van der Waals surface area contributed by atoms with Crippen LogP contribution in [0.15, 0.2) is 24.3 Å². The van der Waals surface area contributed by atoms with Gasteiger partial charge < -0.3 is 15.4 Å². The molecule has 0 saturated heterocycles. The third-order valence-electron chi connectivity index (χ3n) is 2.83. The Morgan fingerprint density at radius 1 is 1.19 bits per heavy atom. The first kappa shape index (κ1) is 15.0. The van der Waals surface area contributed by atoms with Crippen molar-refractivity contribution in [1.29, 1.82) is 0 Å². The molecule has 0 saturated carbocycles. The van der Waals surface area contributed by atoms with E-state index in [2.05, 4.69) is 27.5 Å². The molecular weight excluding hydrogens is 271 g/mol. The summed E-state index contributed by atoms with van der Waals surface area (Å²) in [6.45, 7) is 4.69. The van der Waals surface area contributed by atoms with Gasteiger partial charge in [-0.05, 0) is 25.5 Å². The normalized spacial score (nSPS) is 10.3. The zero-order valence-corrected chi connectivity index (χ0v) is 12.4. The molecule has 0 aliphatic carbocycles. The second-order valence-electron chi connectivity index (χ2n) is 4.58. The molecule has 0 bridgehead atoms. The summed E-state index contributed by atoms with van der Waals surface area (Å²) in [7, 11) is 1.54. The van der Waals surface area contributed by atoms with E-state index in [4.69, 9.17) is 4.74 Å². The maximum Gasteiger partial charge on any atom is 0.146 e. The molecular formula is C15H19FN4O. The zero-order valence-electron chi connectivity index (χ0n) is 12.4. The van der Waals surface area contributed by atoms with Crippen LogP contribution >= 0.6 is 0 Å². The van der Waals surface area contributed by atoms with Crippen molar-refractivity contribution in [2.24, 2.45) is 0 Å². The molecule has 0 amide bonds. The fourth-order valence-electron chi connectivity index (χ4n) is 1.84. The SMILES string of the molecule is CCCNc1cc(Nc2cc(OC)ccc2F)nc(C)n1. The van der Waals surface area contributed by atoms with E-state index in [0.29, 0.717) is 23.1 Å². The molecule has 0 fully saturated rings. The minimum Gasteiger partial charge on any atom is -0.497 e. The summed E-state index contributed by atoms with van der Waals surface area (Å²) in [6.07, 6.45) is 0.996. The van der Waals surface area contributed by atoms with Crippen LogP contribution in [0.25, 0.3) is 0 Å². The zero-order chi connectivity index (χ0) is 15.2. The molecule has 1 aromatic heterocycles. The third kappa shape index (κ3) is 4.05. The number of anilines is 3. The summed E-state index contributed by atoms with van der Waals surface area (Å²) in [5.41, 5.74) is 0.314. The fourth-order valence-corrected chi connectivity index (χ4v) is 1.84. The highest BCUT2D eigenvalue weighted by molar-refractivity contribution is 5.61. The first-order chi connectivity index (χ1) is 10.1. The summed E-state index contributed by atoms with van der Waals surface area (Å²) < 4.78 is 18.9. The Morgan fingerprint density at radius 2 is 1.95 bits per heavy atom. The van der Waals surface area contributed by atoms with Gasteiger partial charge in [-0.15, -0.1) is 0 Å². The Labute approximate surface area is 123 Å². The molecule has 0 spiro atoms. The fraction of sp³-hybridized carbons (Fsp3) is 0.333. The Morgan fingerprint density at radius 3 is 2.67 bits per heavy atom. The van der Waals surface area contributed by atoms with Gasteiger partial charge in [0.1, 0.15) is 29.0 Å². The topological polar surface area (TPSA) is 59.1 Å². The monoisotopic (exact) mass is 290 g/mol. The van der Waals surface area contributed by atoms with Crippen molar-refractivity contribution >= 4 is 17.3 Å². The first-order valence-corrected chi connectivity index (χ1v) is 6.82. The number of benzene rings is 1. The molecule has 1 heterocycles. The van der Waals surface area contributed by atoms with Gasteiger partial charge in [0.2, 0.25) is 0 Å². The molecule has 0 atom stereocenters. The number of aromatic nitrogens is 2. The van der Waals surface area contributed by atoms with Crippen molar-refractivity contribution in [3.8, 4) is 5.75 Å². The predicted octanol–water partition coefficient (Wildman–Crippen LogP) is 3.50. The van der Waals surface area contributed by atoms with Crippen molar-refractivity contribution in [1.82, 2.24) is 9.97 Å². The predicted molar refractivity (Wildman–Crippen MR) is 81.8 cm³/mol. The van der Waals surface area contributed by atoms with E-state index >= 15 is 0 Å². The Bertz CT molecular complexity index is 619. The standard InChI is InChI=1S/C15H19FN4O/c1-4-7-17-14-9-15(19-10(2)18-14)20-13-8-11(21-3)5-6-12(13)16/h5-6,8-9H,4,7H2,1-3H3,(H2,17,18,19,20). The highest BCUT2D eigenvalue weighted by Crippen LogP contribution is 2.24. The maximum atomic E-state index is 13.8. The number of hydrogen-bond donors (Lipinski definition) is 2. The van der Waals surface area contributed by atoms with Gasteiger partial charge in [0.05, 0.1) is 12.8 Å². The average molecular weight is 290 g/mol. The number of methoxy groups -OCH3 is 1. The lowest BCUT2D eigenvalue weighted by atomic mass is 10.3. The highest BCUT2D eigenvalue weighted by Gasteiger charge is 2.07. The van der Waals surface area contributed by atoms with Crippen molar-refractivity contribution in [3.05, 3.63) is 35.9 Å². The van der Waals surface area contributed by atoms with E-state index in [0.717, 1.165) is 18.8 Å². The number of halogens is 1. The number of aryl methyl sites for hydroxylation is 1. The molecule has 0 aliphatic rings. The number of ether oxygens (including phenoxy) is 1. The van der Waals surface area contributed by atoms with E-state index in [1.807, 2.05) is 0 Å². The number of rotatable bonds is 6. The van der Waals surface area contributed by atoms with Crippen LogP contribution < -0.4 is 15.4 Å². The lowest BCUT2D eigenvalue weighted by molar-refractivity contribution is 0.414. The van der Waals surface area contributed by atoms with Gasteiger partial charge in [0.25, 0.3) is 0 Å². The maximum absolute atomic E-state index is 13.8. The highest BCUT2D eigenvalue weighted by atomic mass is 19.1. The van der Waals surface area contributed by atoms with Crippen LogP contribution in [0.3, 0.4) is 0 Å². The van der Waals surface area contributed by atoms with Crippen molar-refractivity contribution in [2.45, 2.75) is 20.3 Å². The van der Waals surface area contributed by atoms with Crippen LogP contribution in [0.2, 0.25) is 0 Å². The molecule has 6 heteroatoms. The van der Waals surface area contributed by atoms with E-state index < -0.39 is 0 Å². The number of nitrogens with zero attached hydrogens (tertiary/aromatic N) is 2. The Hall–Kier alpha value is -2.37. The van der Waals surface area contributed by atoms with Gasteiger partial charge in [0.15, 0.2) is 0 Å². The van der Waals surface area contributed by atoms with E-state index in [9.17, 15) is 4.39 Å². The van der Waals surface area contributed by atoms with Crippen LogP contribution in [-0.4, -0.2) is 23.6 Å². The van der Waals surface area contributed by atoms with Crippen molar-refractivity contribution in [2.75, 3.05) is 24.3 Å². The Balaban J connectivity index is 2.24. The minimum atomic E-state index is -0.366. The summed E-state index contributed by atoms with van der Waals surface area (Å²) in [5.74, 6) is 2.08. The van der Waals surface area contributed by atoms with Gasteiger partial charge in [-0.2, -0.15) is 0 Å². The summed E-state index contributed by atoms with van der Waals surface area (Å²) >= 11 is 0. The minimum absolute atomic E-state index is 0.314. The first-order valence-electron chi connectivity index (χ1n) is 6.82. The third-order valence-corrected chi connectivity index (χ3v) is 2.83. The molecule has 1 aromatic carbocycles. The van der Waals surface area contributed by atoms with Crippen LogP contribution in [0.1, 0.15) is 19.2 Å². The van der Waals surface area contributed by atoms with Gasteiger partial charge in [-0.3, -0.25) is 0 Å². The Kier molecular flexibility index (Phi) is 4.92. The number of hydrogen-bond acceptors (Lipinski definition) is 5. The van der Waals surface area contributed by atoms with Crippen LogP contribution in [0.4, 0.5) is 21.7 Å². The number of nitrogens with one attached hydrogen (secondary N) is 2. The van der Waals surface area contributed by atoms with Crippen LogP contribution in [-0.2, 0) is 0 Å². The van der Waals surface area contributed by atoms with Gasteiger partial charge in [-0.25, -0.2) is 14.4 Å².